The molecule has 9 nitrogen and oxygen atoms in total. The number of carbonyl (C=O) groups is 2. The predicted molar refractivity (Wildman–Crippen MR) is 145 cm³/mol. The van der Waals surface area contributed by atoms with E-state index in [1.807, 2.05) is 46.2 Å². The van der Waals surface area contributed by atoms with Crippen LogP contribution in [0, 0.1) is 0 Å². The van der Waals surface area contributed by atoms with Crippen LogP contribution in [-0.2, 0) is 19.4 Å². The fraction of sp³-hybridized carbons (Fsp3) is 0.379. The Labute approximate surface area is 222 Å². The Hall–Kier alpha value is -4.14. The van der Waals surface area contributed by atoms with Crippen molar-refractivity contribution in [2.45, 2.75) is 38.3 Å². The van der Waals surface area contributed by atoms with Gasteiger partial charge in [-0.25, -0.2) is 14.8 Å². The topological polar surface area (TPSA) is 90.9 Å². The number of nitrogens with one attached hydrogen (secondary N) is 1. The molecular weight excluding hydrogens is 480 g/mol. The summed E-state index contributed by atoms with van der Waals surface area (Å²) in [4.78, 5) is 41.1. The first-order chi connectivity index (χ1) is 18.6. The largest absolute Gasteiger partial charge is 0.497 e. The quantitative estimate of drug-likeness (QED) is 0.573. The van der Waals surface area contributed by atoms with Crippen molar-refractivity contribution in [3.63, 3.8) is 0 Å². The van der Waals surface area contributed by atoms with Crippen LogP contribution in [-0.4, -0.2) is 71.0 Å². The van der Waals surface area contributed by atoms with Crippen LogP contribution in [0.1, 0.15) is 40.0 Å². The van der Waals surface area contributed by atoms with Crippen LogP contribution >= 0.6 is 0 Å². The zero-order chi connectivity index (χ0) is 26.1. The molecule has 0 unspecified atom stereocenters. The molecule has 0 atom stereocenters. The normalized spacial score (nSPS) is 17.8. The molecule has 0 aliphatic carbocycles. The van der Waals surface area contributed by atoms with Gasteiger partial charge in [-0.15, -0.1) is 0 Å². The summed E-state index contributed by atoms with van der Waals surface area (Å²) in [5, 5.41) is 3.08. The number of aromatic nitrogens is 2. The lowest BCUT2D eigenvalue weighted by molar-refractivity contribution is 0.0728. The van der Waals surface area contributed by atoms with Crippen molar-refractivity contribution >= 4 is 23.4 Å². The van der Waals surface area contributed by atoms with E-state index in [1.165, 1.54) is 17.5 Å². The van der Waals surface area contributed by atoms with Gasteiger partial charge in [0.1, 0.15) is 23.6 Å². The highest BCUT2D eigenvalue weighted by Gasteiger charge is 2.31. The number of anilines is 2. The number of methoxy groups -OCH3 is 1. The van der Waals surface area contributed by atoms with Gasteiger partial charge in [0.05, 0.1) is 7.11 Å². The molecule has 0 bridgehead atoms. The molecule has 196 valence electrons. The van der Waals surface area contributed by atoms with Crippen molar-refractivity contribution in [3.8, 4) is 5.75 Å². The number of amides is 3. The summed E-state index contributed by atoms with van der Waals surface area (Å²) in [6.45, 7) is 3.49. The molecule has 1 saturated heterocycles. The molecule has 4 heterocycles. The third-order valence-corrected chi connectivity index (χ3v) is 7.96. The SMILES string of the molecule is COc1ccc2c(c1)CCN(C1CCN(c3cc(C(=O)N4CCc5ccccc5C4)ncn3)CC1)C(=O)N2. The van der Waals surface area contributed by atoms with E-state index >= 15 is 0 Å². The van der Waals surface area contributed by atoms with Crippen LogP contribution in [0.15, 0.2) is 54.9 Å². The van der Waals surface area contributed by atoms with Crippen LogP contribution in [0.4, 0.5) is 16.3 Å². The van der Waals surface area contributed by atoms with Gasteiger partial charge in [0.15, 0.2) is 0 Å². The van der Waals surface area contributed by atoms with Gasteiger partial charge >= 0.3 is 6.03 Å². The van der Waals surface area contributed by atoms with Gasteiger partial charge in [-0.2, -0.15) is 0 Å². The lowest BCUT2D eigenvalue weighted by Gasteiger charge is -2.38. The van der Waals surface area contributed by atoms with E-state index < -0.39 is 0 Å². The molecule has 1 fully saturated rings. The standard InChI is InChI=1S/C29H32N6O3/c1-38-24-6-7-25-21(16-24)9-15-35(29(37)32-25)23-10-13-33(14-11-23)27-17-26(30-19-31-27)28(36)34-12-8-20-4-2-3-5-22(20)18-34/h2-7,16-17,19,23H,8-15,18H2,1H3,(H,32,37). The number of carbonyl (C=O) groups excluding carboxylic acids is 2. The number of rotatable bonds is 4. The Kier molecular flexibility index (Phi) is 6.57. The second-order valence-electron chi connectivity index (χ2n) is 10.1. The number of benzene rings is 2. The van der Waals surface area contributed by atoms with E-state index in [4.69, 9.17) is 4.74 Å². The van der Waals surface area contributed by atoms with Gasteiger partial charge in [-0.1, -0.05) is 24.3 Å². The summed E-state index contributed by atoms with van der Waals surface area (Å²) in [6, 6.07) is 16.0. The minimum atomic E-state index is -0.0597. The maximum atomic E-state index is 13.3. The first-order valence-electron chi connectivity index (χ1n) is 13.3. The lowest BCUT2D eigenvalue weighted by atomic mass is 10.00. The van der Waals surface area contributed by atoms with Crippen LogP contribution in [0.25, 0.3) is 0 Å². The molecule has 0 spiro atoms. The Morgan fingerprint density at radius 2 is 1.74 bits per heavy atom. The van der Waals surface area contributed by atoms with E-state index in [0.29, 0.717) is 25.3 Å². The average molecular weight is 513 g/mol. The second kappa shape index (κ2) is 10.3. The Bertz CT molecular complexity index is 1350. The van der Waals surface area contributed by atoms with Crippen molar-refractivity contribution in [2.75, 3.05) is 43.5 Å². The third kappa shape index (κ3) is 4.76. The number of nitrogens with zero attached hydrogens (tertiary/aromatic N) is 5. The van der Waals surface area contributed by atoms with Gasteiger partial charge in [0.25, 0.3) is 5.91 Å². The molecule has 3 aliphatic rings. The average Bonchev–Trinajstić information content (AvgIpc) is 3.14. The molecule has 1 aromatic heterocycles. The molecule has 3 aromatic rings. The molecule has 3 amide bonds. The second-order valence-corrected chi connectivity index (χ2v) is 10.1. The Balaban J connectivity index is 1.09. The van der Waals surface area contributed by atoms with Crippen molar-refractivity contribution in [1.82, 2.24) is 19.8 Å². The number of ether oxygens (including phenoxy) is 1. The summed E-state index contributed by atoms with van der Waals surface area (Å²) in [7, 11) is 1.65. The minimum absolute atomic E-state index is 0.0506. The lowest BCUT2D eigenvalue weighted by Crippen LogP contribution is -2.49. The summed E-state index contributed by atoms with van der Waals surface area (Å²) in [5.74, 6) is 1.50. The van der Waals surface area contributed by atoms with Crippen LogP contribution in [0.5, 0.6) is 5.75 Å². The summed E-state index contributed by atoms with van der Waals surface area (Å²) in [6.07, 6.45) is 4.80. The minimum Gasteiger partial charge on any atom is -0.497 e. The number of piperidine rings is 1. The summed E-state index contributed by atoms with van der Waals surface area (Å²) >= 11 is 0. The number of hydrogen-bond acceptors (Lipinski definition) is 6. The summed E-state index contributed by atoms with van der Waals surface area (Å²) < 4.78 is 5.35. The monoisotopic (exact) mass is 512 g/mol. The fourth-order valence-electron chi connectivity index (χ4n) is 5.78. The van der Waals surface area contributed by atoms with Crippen LogP contribution in [0.3, 0.4) is 0 Å². The van der Waals surface area contributed by atoms with E-state index in [0.717, 1.165) is 61.6 Å². The maximum Gasteiger partial charge on any atom is 0.322 e. The van der Waals surface area contributed by atoms with Gasteiger partial charge in [0.2, 0.25) is 0 Å². The van der Waals surface area contributed by atoms with Gasteiger partial charge in [0, 0.05) is 50.5 Å². The molecule has 6 rings (SSSR count). The highest BCUT2D eigenvalue weighted by molar-refractivity contribution is 5.93. The number of urea groups is 1. The third-order valence-electron chi connectivity index (χ3n) is 7.96. The number of hydrogen-bond donors (Lipinski definition) is 1. The van der Waals surface area contributed by atoms with Crippen molar-refractivity contribution in [1.29, 1.82) is 0 Å². The van der Waals surface area contributed by atoms with Crippen molar-refractivity contribution in [2.24, 2.45) is 0 Å². The van der Waals surface area contributed by atoms with Gasteiger partial charge in [-0.05, 0) is 60.6 Å². The first kappa shape index (κ1) is 24.2. The highest BCUT2D eigenvalue weighted by Crippen LogP contribution is 2.29. The molecular formula is C29H32N6O3. The molecule has 0 radical (unpaired) electrons. The summed E-state index contributed by atoms with van der Waals surface area (Å²) in [5.41, 5.74) is 4.88. The van der Waals surface area contributed by atoms with Gasteiger partial charge in [-0.3, -0.25) is 4.79 Å². The van der Waals surface area contributed by atoms with Crippen molar-refractivity contribution < 1.29 is 14.3 Å². The molecule has 3 aliphatic heterocycles. The van der Waals surface area contributed by atoms with E-state index in [2.05, 4.69) is 32.3 Å². The molecule has 2 aromatic carbocycles. The molecule has 0 saturated carbocycles. The van der Waals surface area contributed by atoms with Crippen LogP contribution in [0.2, 0.25) is 0 Å². The zero-order valence-electron chi connectivity index (χ0n) is 21.6. The van der Waals surface area contributed by atoms with Gasteiger partial charge < -0.3 is 24.8 Å². The Morgan fingerprint density at radius 1 is 0.947 bits per heavy atom. The smallest absolute Gasteiger partial charge is 0.322 e. The van der Waals surface area contributed by atoms with E-state index in [-0.39, 0.29) is 18.0 Å². The van der Waals surface area contributed by atoms with E-state index in [9.17, 15) is 9.59 Å². The zero-order valence-corrected chi connectivity index (χ0v) is 21.6. The fourth-order valence-corrected chi connectivity index (χ4v) is 5.78. The first-order valence-corrected chi connectivity index (χ1v) is 13.3. The predicted octanol–water partition coefficient (Wildman–Crippen LogP) is 3.74. The number of fused-ring (bicyclic) bond motifs is 2. The van der Waals surface area contributed by atoms with Crippen molar-refractivity contribution in [3.05, 3.63) is 77.2 Å². The molecule has 9 heteroatoms. The molecule has 38 heavy (non-hydrogen) atoms. The highest BCUT2D eigenvalue weighted by atomic mass is 16.5. The maximum absolute atomic E-state index is 13.3. The molecule has 1 N–H and O–H groups in total. The Morgan fingerprint density at radius 3 is 2.55 bits per heavy atom. The van der Waals surface area contributed by atoms with E-state index in [1.54, 1.807) is 7.11 Å². The van der Waals surface area contributed by atoms with Crippen LogP contribution < -0.4 is 15.0 Å².